The molecule has 4 heteroatoms. The van der Waals surface area contributed by atoms with Gasteiger partial charge in [0.2, 0.25) is 5.88 Å². The van der Waals surface area contributed by atoms with Crippen molar-refractivity contribution in [2.24, 2.45) is 0 Å². The first-order valence-electron chi connectivity index (χ1n) is 6.61. The first-order chi connectivity index (χ1) is 10.3. The molecule has 0 unspecified atom stereocenters. The van der Waals surface area contributed by atoms with E-state index in [1.165, 1.54) is 4.90 Å². The largest absolute Gasteiger partial charge is 0.438 e. The normalized spacial score (nSPS) is 10.8. The predicted octanol–water partition coefficient (Wildman–Crippen LogP) is 4.24. The molecule has 0 spiro atoms. The van der Waals surface area contributed by atoms with Crippen LogP contribution in [0.4, 0.5) is 0 Å². The van der Waals surface area contributed by atoms with Crippen LogP contribution in [0, 0.1) is 0 Å². The number of ether oxygens (including phenoxy) is 1. The van der Waals surface area contributed by atoms with Crippen molar-refractivity contribution < 1.29 is 9.84 Å². The molecule has 0 radical (unpaired) electrons. The van der Waals surface area contributed by atoms with E-state index >= 15 is 0 Å². The molecule has 0 aliphatic rings. The summed E-state index contributed by atoms with van der Waals surface area (Å²) in [4.78, 5) is 5.56. The fourth-order valence-corrected chi connectivity index (χ4v) is 2.54. The van der Waals surface area contributed by atoms with Crippen molar-refractivity contribution >= 4 is 22.5 Å². The molecule has 3 nitrogen and oxygen atoms in total. The van der Waals surface area contributed by atoms with Crippen molar-refractivity contribution in [3.8, 4) is 11.6 Å². The summed E-state index contributed by atoms with van der Waals surface area (Å²) in [6, 6.07) is 17.6. The van der Waals surface area contributed by atoms with E-state index in [0.717, 1.165) is 16.5 Å². The van der Waals surface area contributed by atoms with Gasteiger partial charge in [-0.2, -0.15) is 0 Å². The molecule has 1 N–H and O–H groups in total. The zero-order valence-electron chi connectivity index (χ0n) is 11.6. The number of hydrogen-bond donors (Lipinski definition) is 1. The highest BCUT2D eigenvalue weighted by Crippen LogP contribution is 2.29. The first-order valence-corrected chi connectivity index (χ1v) is 7.84. The van der Waals surface area contributed by atoms with Gasteiger partial charge in [-0.1, -0.05) is 18.2 Å². The van der Waals surface area contributed by atoms with Gasteiger partial charge < -0.3 is 9.84 Å². The van der Waals surface area contributed by atoms with Gasteiger partial charge in [-0.15, -0.1) is 11.8 Å². The topological polar surface area (TPSA) is 42.4 Å². The number of pyridine rings is 1. The molecule has 2 aromatic carbocycles. The van der Waals surface area contributed by atoms with Gasteiger partial charge in [0.15, 0.2) is 0 Å². The lowest BCUT2D eigenvalue weighted by atomic mass is 10.1. The fraction of sp³-hybridized carbons (Fsp3) is 0.118. The SMILES string of the molecule is CSc1ccc(Oc2nc(CO)cc3ccccc23)cc1. The summed E-state index contributed by atoms with van der Waals surface area (Å²) in [7, 11) is 0. The third-order valence-corrected chi connectivity index (χ3v) is 3.94. The molecule has 0 aliphatic heterocycles. The summed E-state index contributed by atoms with van der Waals surface area (Å²) in [5, 5.41) is 11.3. The van der Waals surface area contributed by atoms with Crippen LogP contribution in [0.15, 0.2) is 59.5 Å². The van der Waals surface area contributed by atoms with Crippen molar-refractivity contribution in [3.05, 3.63) is 60.3 Å². The summed E-state index contributed by atoms with van der Waals surface area (Å²) < 4.78 is 5.90. The molecule has 3 aromatic rings. The minimum absolute atomic E-state index is 0.105. The van der Waals surface area contributed by atoms with Crippen LogP contribution in [-0.4, -0.2) is 16.3 Å². The highest BCUT2D eigenvalue weighted by atomic mass is 32.2. The van der Waals surface area contributed by atoms with Crippen LogP contribution in [0.2, 0.25) is 0 Å². The van der Waals surface area contributed by atoms with E-state index in [-0.39, 0.29) is 6.61 Å². The molecule has 106 valence electrons. The second-order valence-electron chi connectivity index (χ2n) is 4.58. The van der Waals surface area contributed by atoms with E-state index in [4.69, 9.17) is 4.74 Å². The summed E-state index contributed by atoms with van der Waals surface area (Å²) in [6.45, 7) is -0.105. The highest BCUT2D eigenvalue weighted by molar-refractivity contribution is 7.98. The second kappa shape index (κ2) is 6.16. The Morgan fingerprint density at radius 1 is 1.10 bits per heavy atom. The molecule has 3 rings (SSSR count). The maximum absolute atomic E-state index is 9.34. The van der Waals surface area contributed by atoms with Crippen LogP contribution < -0.4 is 4.74 Å². The molecular weight excluding hydrogens is 282 g/mol. The lowest BCUT2D eigenvalue weighted by Gasteiger charge is -2.10. The predicted molar refractivity (Wildman–Crippen MR) is 86.0 cm³/mol. The number of nitrogens with zero attached hydrogens (tertiary/aromatic N) is 1. The molecule has 1 aromatic heterocycles. The van der Waals surface area contributed by atoms with Gasteiger partial charge in [-0.3, -0.25) is 0 Å². The molecule has 0 saturated heterocycles. The minimum atomic E-state index is -0.105. The number of fused-ring (bicyclic) bond motifs is 1. The minimum Gasteiger partial charge on any atom is -0.438 e. The summed E-state index contributed by atoms with van der Waals surface area (Å²) >= 11 is 1.69. The number of aliphatic hydroxyl groups is 1. The Balaban J connectivity index is 2.01. The smallest absolute Gasteiger partial charge is 0.227 e. The van der Waals surface area contributed by atoms with Gasteiger partial charge >= 0.3 is 0 Å². The van der Waals surface area contributed by atoms with E-state index in [2.05, 4.69) is 4.98 Å². The van der Waals surface area contributed by atoms with Crippen LogP contribution in [0.3, 0.4) is 0 Å². The van der Waals surface area contributed by atoms with Crippen molar-refractivity contribution in [1.82, 2.24) is 4.98 Å². The molecule has 0 fully saturated rings. The van der Waals surface area contributed by atoms with Gasteiger partial charge in [0.25, 0.3) is 0 Å². The van der Waals surface area contributed by atoms with Crippen LogP contribution in [0.1, 0.15) is 5.69 Å². The van der Waals surface area contributed by atoms with E-state index in [1.54, 1.807) is 11.8 Å². The zero-order chi connectivity index (χ0) is 14.7. The van der Waals surface area contributed by atoms with Crippen LogP contribution >= 0.6 is 11.8 Å². The zero-order valence-corrected chi connectivity index (χ0v) is 12.4. The van der Waals surface area contributed by atoms with Crippen molar-refractivity contribution in [2.75, 3.05) is 6.26 Å². The second-order valence-corrected chi connectivity index (χ2v) is 5.46. The lowest BCUT2D eigenvalue weighted by Crippen LogP contribution is -1.95. The van der Waals surface area contributed by atoms with Crippen molar-refractivity contribution in [2.45, 2.75) is 11.5 Å². The van der Waals surface area contributed by atoms with Crippen LogP contribution in [0.5, 0.6) is 11.6 Å². The number of aromatic nitrogens is 1. The number of hydrogen-bond acceptors (Lipinski definition) is 4. The molecule has 0 atom stereocenters. The Morgan fingerprint density at radius 3 is 2.57 bits per heavy atom. The van der Waals surface area contributed by atoms with E-state index in [0.29, 0.717) is 11.6 Å². The molecule has 0 aliphatic carbocycles. The number of benzene rings is 2. The van der Waals surface area contributed by atoms with E-state index < -0.39 is 0 Å². The van der Waals surface area contributed by atoms with Gasteiger partial charge in [-0.25, -0.2) is 4.98 Å². The van der Waals surface area contributed by atoms with Crippen LogP contribution in [0.25, 0.3) is 10.8 Å². The third-order valence-electron chi connectivity index (χ3n) is 3.19. The van der Waals surface area contributed by atoms with Gasteiger partial charge in [0.05, 0.1) is 12.3 Å². The van der Waals surface area contributed by atoms with Gasteiger partial charge in [-0.05, 0) is 48.0 Å². The maximum Gasteiger partial charge on any atom is 0.227 e. The van der Waals surface area contributed by atoms with E-state index in [9.17, 15) is 5.11 Å². The Hall–Kier alpha value is -2.04. The lowest BCUT2D eigenvalue weighted by molar-refractivity contribution is 0.275. The number of thioether (sulfide) groups is 1. The average molecular weight is 297 g/mol. The van der Waals surface area contributed by atoms with Gasteiger partial charge in [0, 0.05) is 10.3 Å². The van der Waals surface area contributed by atoms with Crippen molar-refractivity contribution in [3.63, 3.8) is 0 Å². The standard InChI is InChI=1S/C17H15NO2S/c1-21-15-8-6-14(7-9-15)20-17-16-5-3-2-4-12(16)10-13(11-19)18-17/h2-10,19H,11H2,1H3. The van der Waals surface area contributed by atoms with Gasteiger partial charge in [0.1, 0.15) is 5.75 Å². The quantitative estimate of drug-likeness (QED) is 0.731. The Kier molecular flexibility index (Phi) is 4.08. The highest BCUT2D eigenvalue weighted by Gasteiger charge is 2.08. The third kappa shape index (κ3) is 3.01. The molecule has 0 amide bonds. The first kappa shape index (κ1) is 13.9. The Morgan fingerprint density at radius 2 is 1.86 bits per heavy atom. The number of rotatable bonds is 4. The van der Waals surface area contributed by atoms with E-state index in [1.807, 2.05) is 60.9 Å². The monoisotopic (exact) mass is 297 g/mol. The molecular formula is C17H15NO2S. The van der Waals surface area contributed by atoms with Crippen molar-refractivity contribution in [1.29, 1.82) is 0 Å². The average Bonchev–Trinajstić information content (AvgIpc) is 2.55. The fourth-order valence-electron chi connectivity index (χ4n) is 2.13. The summed E-state index contributed by atoms with van der Waals surface area (Å²) in [5.74, 6) is 1.26. The van der Waals surface area contributed by atoms with Crippen LogP contribution in [-0.2, 0) is 6.61 Å². The molecule has 1 heterocycles. The molecule has 21 heavy (non-hydrogen) atoms. The summed E-state index contributed by atoms with van der Waals surface area (Å²) in [6.07, 6.45) is 2.04. The Bertz CT molecular complexity index is 756. The Labute approximate surface area is 127 Å². The summed E-state index contributed by atoms with van der Waals surface area (Å²) in [5.41, 5.74) is 0.601. The maximum atomic E-state index is 9.34. The molecule has 0 bridgehead atoms. The number of aliphatic hydroxyl groups excluding tert-OH is 1. The molecule has 0 saturated carbocycles.